The fraction of sp³-hybridized carbons (Fsp3) is 0.562. The number of rotatable bonds is 6. The number of nitrogens with two attached hydrogens (primary N) is 1. The van der Waals surface area contributed by atoms with Gasteiger partial charge in [-0.1, -0.05) is 0 Å². The molecule has 0 spiro atoms. The Balaban J connectivity index is 1.82. The lowest BCUT2D eigenvalue weighted by Gasteiger charge is -2.33. The standard InChI is InChI=1S/C16H22F2N2O2S/c1-23-9-6-14(19)16(21)20-7-4-12(5-8-20)22-15-3-2-11(17)10-13(15)18/h2-3,10,12,14H,4-9,19H2,1H3/t14-/m0/s1. The Kier molecular flexibility index (Phi) is 6.65. The summed E-state index contributed by atoms with van der Waals surface area (Å²) in [5.74, 6) is -0.466. The molecule has 0 radical (unpaired) electrons. The molecule has 1 aromatic carbocycles. The third-order valence-electron chi connectivity index (χ3n) is 3.89. The predicted molar refractivity (Wildman–Crippen MR) is 87.6 cm³/mol. The van der Waals surface area contributed by atoms with E-state index in [0.717, 1.165) is 11.8 Å². The predicted octanol–water partition coefficient (Wildman–Crippen LogP) is 2.42. The number of benzene rings is 1. The first kappa shape index (κ1) is 18.0. The van der Waals surface area contributed by atoms with E-state index in [9.17, 15) is 13.6 Å². The largest absolute Gasteiger partial charge is 0.487 e. The summed E-state index contributed by atoms with van der Waals surface area (Å²) < 4.78 is 32.0. The summed E-state index contributed by atoms with van der Waals surface area (Å²) in [7, 11) is 0. The molecule has 0 aliphatic carbocycles. The van der Waals surface area contributed by atoms with Gasteiger partial charge in [-0.15, -0.1) is 0 Å². The highest BCUT2D eigenvalue weighted by Crippen LogP contribution is 2.23. The number of halogens is 2. The lowest BCUT2D eigenvalue weighted by molar-refractivity contribution is -0.134. The smallest absolute Gasteiger partial charge is 0.239 e. The van der Waals surface area contributed by atoms with Gasteiger partial charge in [-0.05, 0) is 30.6 Å². The Morgan fingerprint density at radius 2 is 2.13 bits per heavy atom. The van der Waals surface area contributed by atoms with E-state index in [0.29, 0.717) is 32.4 Å². The van der Waals surface area contributed by atoms with Crippen molar-refractivity contribution < 1.29 is 18.3 Å². The first-order valence-electron chi connectivity index (χ1n) is 7.66. The van der Waals surface area contributed by atoms with Crippen molar-refractivity contribution >= 4 is 17.7 Å². The Morgan fingerprint density at radius 1 is 1.43 bits per heavy atom. The quantitative estimate of drug-likeness (QED) is 0.861. The second kappa shape index (κ2) is 8.49. The minimum Gasteiger partial charge on any atom is -0.487 e. The Bertz CT molecular complexity index is 537. The van der Waals surface area contributed by atoms with Crippen LogP contribution < -0.4 is 10.5 Å². The van der Waals surface area contributed by atoms with Gasteiger partial charge in [0.2, 0.25) is 5.91 Å². The van der Waals surface area contributed by atoms with Gasteiger partial charge < -0.3 is 15.4 Å². The van der Waals surface area contributed by atoms with Crippen molar-refractivity contribution in [2.24, 2.45) is 5.73 Å². The average molecular weight is 344 g/mol. The van der Waals surface area contributed by atoms with Crippen LogP contribution in [0, 0.1) is 11.6 Å². The Labute approximate surface area is 139 Å². The molecule has 2 N–H and O–H groups in total. The normalized spacial score (nSPS) is 17.1. The molecule has 1 aromatic rings. The highest BCUT2D eigenvalue weighted by Gasteiger charge is 2.27. The zero-order valence-electron chi connectivity index (χ0n) is 13.1. The van der Waals surface area contributed by atoms with Gasteiger partial charge in [0.05, 0.1) is 6.04 Å². The number of thioether (sulfide) groups is 1. The summed E-state index contributed by atoms with van der Waals surface area (Å²) >= 11 is 1.67. The number of amides is 1. The molecule has 23 heavy (non-hydrogen) atoms. The number of likely N-dealkylation sites (tertiary alicyclic amines) is 1. The summed E-state index contributed by atoms with van der Waals surface area (Å²) in [6.07, 6.45) is 3.68. The van der Waals surface area contributed by atoms with Gasteiger partial charge in [0.1, 0.15) is 11.9 Å². The lowest BCUT2D eigenvalue weighted by Crippen LogP contribution is -2.48. The molecule has 128 valence electrons. The summed E-state index contributed by atoms with van der Waals surface area (Å²) in [5.41, 5.74) is 5.91. The van der Waals surface area contributed by atoms with E-state index < -0.39 is 17.7 Å². The number of carbonyl (C=O) groups excluding carboxylic acids is 1. The van der Waals surface area contributed by atoms with Crippen molar-refractivity contribution in [3.05, 3.63) is 29.8 Å². The molecular formula is C16H22F2N2O2S. The van der Waals surface area contributed by atoms with Gasteiger partial charge in [-0.25, -0.2) is 8.78 Å². The molecule has 0 bridgehead atoms. The molecule has 0 saturated carbocycles. The molecule has 7 heteroatoms. The first-order valence-corrected chi connectivity index (χ1v) is 9.05. The highest BCUT2D eigenvalue weighted by atomic mass is 32.2. The maximum absolute atomic E-state index is 13.6. The van der Waals surface area contributed by atoms with Crippen LogP contribution in [0.25, 0.3) is 0 Å². The molecule has 0 aromatic heterocycles. The van der Waals surface area contributed by atoms with Gasteiger partial charge in [0.15, 0.2) is 11.6 Å². The van der Waals surface area contributed by atoms with E-state index in [1.807, 2.05) is 6.26 Å². The molecule has 1 fully saturated rings. The van der Waals surface area contributed by atoms with Crippen LogP contribution in [0.5, 0.6) is 5.75 Å². The van der Waals surface area contributed by atoms with Crippen LogP contribution in [-0.2, 0) is 4.79 Å². The third kappa shape index (κ3) is 5.07. The Morgan fingerprint density at radius 3 is 2.74 bits per heavy atom. The summed E-state index contributed by atoms with van der Waals surface area (Å²) in [4.78, 5) is 14.0. The minimum atomic E-state index is -0.706. The number of hydrogen-bond acceptors (Lipinski definition) is 4. The summed E-state index contributed by atoms with van der Waals surface area (Å²) in [5, 5.41) is 0. The van der Waals surface area contributed by atoms with Crippen LogP contribution in [0.4, 0.5) is 8.78 Å². The topological polar surface area (TPSA) is 55.6 Å². The average Bonchev–Trinajstić information content (AvgIpc) is 2.55. The zero-order chi connectivity index (χ0) is 16.8. The van der Waals surface area contributed by atoms with E-state index in [-0.39, 0.29) is 17.8 Å². The van der Waals surface area contributed by atoms with Gasteiger partial charge in [-0.3, -0.25) is 4.79 Å². The van der Waals surface area contributed by atoms with Gasteiger partial charge in [0, 0.05) is 32.0 Å². The van der Waals surface area contributed by atoms with Crippen molar-refractivity contribution in [3.8, 4) is 5.75 Å². The number of ether oxygens (including phenoxy) is 1. The minimum absolute atomic E-state index is 0.0366. The van der Waals surface area contributed by atoms with Crippen LogP contribution >= 0.6 is 11.8 Å². The van der Waals surface area contributed by atoms with Gasteiger partial charge in [0.25, 0.3) is 0 Å². The molecule has 1 atom stereocenters. The number of nitrogens with zero attached hydrogens (tertiary/aromatic N) is 1. The van der Waals surface area contributed by atoms with Crippen LogP contribution in [0.15, 0.2) is 18.2 Å². The van der Waals surface area contributed by atoms with Gasteiger partial charge >= 0.3 is 0 Å². The first-order chi connectivity index (χ1) is 11.0. The molecule has 1 aliphatic rings. The SMILES string of the molecule is CSCC[C@H](N)C(=O)N1CCC(Oc2ccc(F)cc2F)CC1. The van der Waals surface area contributed by atoms with Crippen molar-refractivity contribution in [1.29, 1.82) is 0 Å². The molecular weight excluding hydrogens is 322 g/mol. The fourth-order valence-electron chi connectivity index (χ4n) is 2.55. The monoisotopic (exact) mass is 344 g/mol. The second-order valence-electron chi connectivity index (χ2n) is 5.61. The second-order valence-corrected chi connectivity index (χ2v) is 6.59. The molecule has 4 nitrogen and oxygen atoms in total. The number of carbonyl (C=O) groups is 1. The van der Waals surface area contributed by atoms with E-state index in [1.54, 1.807) is 16.7 Å². The van der Waals surface area contributed by atoms with Crippen molar-refractivity contribution in [2.45, 2.75) is 31.4 Å². The Hall–Kier alpha value is -1.34. The lowest BCUT2D eigenvalue weighted by atomic mass is 10.1. The van der Waals surface area contributed by atoms with Gasteiger partial charge in [-0.2, -0.15) is 11.8 Å². The van der Waals surface area contributed by atoms with Crippen molar-refractivity contribution in [3.63, 3.8) is 0 Å². The third-order valence-corrected chi connectivity index (χ3v) is 4.54. The van der Waals surface area contributed by atoms with Crippen LogP contribution in [0.1, 0.15) is 19.3 Å². The molecule has 1 saturated heterocycles. The molecule has 1 heterocycles. The van der Waals surface area contributed by atoms with E-state index >= 15 is 0 Å². The van der Waals surface area contributed by atoms with Crippen LogP contribution in [-0.4, -0.2) is 48.1 Å². The fourth-order valence-corrected chi connectivity index (χ4v) is 3.04. The summed E-state index contributed by atoms with van der Waals surface area (Å²) in [6, 6.07) is 2.80. The van der Waals surface area contributed by atoms with E-state index in [1.165, 1.54) is 12.1 Å². The molecule has 1 amide bonds. The van der Waals surface area contributed by atoms with E-state index in [4.69, 9.17) is 10.5 Å². The van der Waals surface area contributed by atoms with Crippen LogP contribution in [0.3, 0.4) is 0 Å². The molecule has 0 unspecified atom stereocenters. The number of hydrogen-bond donors (Lipinski definition) is 1. The van der Waals surface area contributed by atoms with Crippen molar-refractivity contribution in [1.82, 2.24) is 4.90 Å². The van der Waals surface area contributed by atoms with Crippen LogP contribution in [0.2, 0.25) is 0 Å². The number of piperidine rings is 1. The molecule has 1 aliphatic heterocycles. The maximum atomic E-state index is 13.6. The summed E-state index contributed by atoms with van der Waals surface area (Å²) in [6.45, 7) is 1.08. The zero-order valence-corrected chi connectivity index (χ0v) is 14.0. The highest BCUT2D eigenvalue weighted by molar-refractivity contribution is 7.98. The van der Waals surface area contributed by atoms with E-state index in [2.05, 4.69) is 0 Å². The molecule has 2 rings (SSSR count). The maximum Gasteiger partial charge on any atom is 0.239 e. The van der Waals surface area contributed by atoms with Crippen molar-refractivity contribution in [2.75, 3.05) is 25.1 Å².